The highest BCUT2D eigenvalue weighted by molar-refractivity contribution is 4.83. The predicted octanol–water partition coefficient (Wildman–Crippen LogP) is 0.759. The van der Waals surface area contributed by atoms with E-state index in [0.29, 0.717) is 6.04 Å². The first-order valence-electron chi connectivity index (χ1n) is 5.33. The fourth-order valence-electron chi connectivity index (χ4n) is 2.23. The Morgan fingerprint density at radius 3 is 2.92 bits per heavy atom. The molecule has 2 aliphatic rings. The zero-order valence-corrected chi connectivity index (χ0v) is 8.70. The molecule has 1 atom stereocenters. The van der Waals surface area contributed by atoms with E-state index in [1.807, 2.05) is 0 Å². The molecule has 3 heteroatoms. The van der Waals surface area contributed by atoms with Crippen LogP contribution in [0.4, 0.5) is 0 Å². The molecule has 0 saturated carbocycles. The van der Waals surface area contributed by atoms with Gasteiger partial charge in [0.15, 0.2) is 0 Å². The van der Waals surface area contributed by atoms with Crippen LogP contribution < -0.4 is 0 Å². The van der Waals surface area contributed by atoms with Gasteiger partial charge >= 0.3 is 0 Å². The number of nitrogens with zero attached hydrogens (tertiary/aromatic N) is 2. The molecule has 0 aromatic rings. The van der Waals surface area contributed by atoms with E-state index in [4.69, 9.17) is 4.74 Å². The Labute approximate surface area is 80.6 Å². The van der Waals surface area contributed by atoms with Crippen molar-refractivity contribution in [1.82, 2.24) is 9.80 Å². The minimum atomic E-state index is 0.699. The normalized spacial score (nSPS) is 32.1. The molecular weight excluding hydrogens is 164 g/mol. The monoisotopic (exact) mass is 184 g/mol. The second kappa shape index (κ2) is 3.95. The lowest BCUT2D eigenvalue weighted by Crippen LogP contribution is -2.57. The van der Waals surface area contributed by atoms with Crippen LogP contribution in [0.5, 0.6) is 0 Å². The van der Waals surface area contributed by atoms with Gasteiger partial charge in [-0.15, -0.1) is 0 Å². The van der Waals surface area contributed by atoms with E-state index < -0.39 is 0 Å². The minimum Gasteiger partial charge on any atom is -0.366 e. The van der Waals surface area contributed by atoms with Crippen molar-refractivity contribution in [2.45, 2.75) is 32.4 Å². The first-order chi connectivity index (χ1) is 6.27. The fraction of sp³-hybridized carbons (Fsp3) is 1.00. The third-order valence-corrected chi connectivity index (χ3v) is 3.22. The summed E-state index contributed by atoms with van der Waals surface area (Å²) in [4.78, 5) is 5.05. The summed E-state index contributed by atoms with van der Waals surface area (Å²) in [5, 5.41) is 0. The van der Waals surface area contributed by atoms with E-state index in [2.05, 4.69) is 23.6 Å². The number of hydrogen-bond acceptors (Lipinski definition) is 3. The Morgan fingerprint density at radius 1 is 1.31 bits per heavy atom. The molecule has 0 radical (unpaired) electrons. The number of rotatable bonds is 1. The van der Waals surface area contributed by atoms with Crippen molar-refractivity contribution in [3.05, 3.63) is 0 Å². The molecule has 0 amide bonds. The third kappa shape index (κ3) is 2.03. The molecule has 3 nitrogen and oxygen atoms in total. The lowest BCUT2D eigenvalue weighted by molar-refractivity contribution is -0.0813. The zero-order valence-electron chi connectivity index (χ0n) is 8.70. The molecule has 76 valence electrons. The Hall–Kier alpha value is -0.120. The van der Waals surface area contributed by atoms with Crippen LogP contribution in [0.25, 0.3) is 0 Å². The van der Waals surface area contributed by atoms with Gasteiger partial charge in [0.2, 0.25) is 0 Å². The van der Waals surface area contributed by atoms with E-state index in [-0.39, 0.29) is 0 Å². The molecule has 2 fully saturated rings. The van der Waals surface area contributed by atoms with Crippen LogP contribution in [0.2, 0.25) is 0 Å². The summed E-state index contributed by atoms with van der Waals surface area (Å²) in [5.41, 5.74) is 0. The minimum absolute atomic E-state index is 0.699. The molecule has 2 saturated heterocycles. The van der Waals surface area contributed by atoms with E-state index in [0.717, 1.165) is 19.4 Å². The van der Waals surface area contributed by atoms with Crippen molar-refractivity contribution < 1.29 is 4.74 Å². The second-order valence-electron chi connectivity index (χ2n) is 4.38. The molecule has 0 bridgehead atoms. The molecule has 0 aliphatic carbocycles. The molecule has 1 unspecified atom stereocenters. The maximum absolute atomic E-state index is 5.44. The first kappa shape index (κ1) is 9.44. The van der Waals surface area contributed by atoms with Crippen LogP contribution in [0.15, 0.2) is 0 Å². The molecule has 0 N–H and O–H groups in total. The smallest absolute Gasteiger partial charge is 0.0993 e. The summed E-state index contributed by atoms with van der Waals surface area (Å²) < 4.78 is 5.44. The molecule has 2 heterocycles. The van der Waals surface area contributed by atoms with Crippen LogP contribution in [-0.2, 0) is 4.74 Å². The lowest BCUT2D eigenvalue weighted by atomic mass is 10.1. The van der Waals surface area contributed by atoms with E-state index in [9.17, 15) is 0 Å². The van der Waals surface area contributed by atoms with Gasteiger partial charge in [-0.2, -0.15) is 0 Å². The molecule has 2 aliphatic heterocycles. The molecular formula is C10H20N2O. The fourth-order valence-corrected chi connectivity index (χ4v) is 2.23. The van der Waals surface area contributed by atoms with Crippen molar-refractivity contribution in [2.75, 3.05) is 33.0 Å². The van der Waals surface area contributed by atoms with Gasteiger partial charge < -0.3 is 4.74 Å². The SMILES string of the molecule is CC(C)N1CCN2COCCC2C1. The Morgan fingerprint density at radius 2 is 2.15 bits per heavy atom. The Kier molecular flexibility index (Phi) is 2.86. The van der Waals surface area contributed by atoms with Crippen molar-refractivity contribution in [3.63, 3.8) is 0 Å². The van der Waals surface area contributed by atoms with Crippen molar-refractivity contribution >= 4 is 0 Å². The van der Waals surface area contributed by atoms with E-state index in [1.165, 1.54) is 26.1 Å². The average Bonchev–Trinajstić information content (AvgIpc) is 2.17. The van der Waals surface area contributed by atoms with E-state index in [1.54, 1.807) is 0 Å². The molecule has 13 heavy (non-hydrogen) atoms. The average molecular weight is 184 g/mol. The maximum Gasteiger partial charge on any atom is 0.0993 e. The van der Waals surface area contributed by atoms with E-state index >= 15 is 0 Å². The van der Waals surface area contributed by atoms with Crippen LogP contribution >= 0.6 is 0 Å². The quantitative estimate of drug-likeness (QED) is 0.598. The largest absolute Gasteiger partial charge is 0.366 e. The van der Waals surface area contributed by atoms with Crippen molar-refractivity contribution in [2.24, 2.45) is 0 Å². The summed E-state index contributed by atoms with van der Waals surface area (Å²) in [7, 11) is 0. The summed E-state index contributed by atoms with van der Waals surface area (Å²) in [6, 6.07) is 1.45. The van der Waals surface area contributed by atoms with Crippen LogP contribution in [-0.4, -0.2) is 54.9 Å². The highest BCUT2D eigenvalue weighted by Crippen LogP contribution is 2.18. The zero-order chi connectivity index (χ0) is 9.26. The predicted molar refractivity (Wildman–Crippen MR) is 52.6 cm³/mol. The molecule has 0 aromatic carbocycles. The molecule has 2 rings (SSSR count). The van der Waals surface area contributed by atoms with Crippen LogP contribution in [0.3, 0.4) is 0 Å². The van der Waals surface area contributed by atoms with Gasteiger partial charge in [0, 0.05) is 38.3 Å². The number of ether oxygens (including phenoxy) is 1. The number of fused-ring (bicyclic) bond motifs is 1. The first-order valence-corrected chi connectivity index (χ1v) is 5.33. The van der Waals surface area contributed by atoms with Crippen LogP contribution in [0.1, 0.15) is 20.3 Å². The van der Waals surface area contributed by atoms with Crippen molar-refractivity contribution in [3.8, 4) is 0 Å². The highest BCUT2D eigenvalue weighted by atomic mass is 16.5. The van der Waals surface area contributed by atoms with Gasteiger partial charge in [-0.1, -0.05) is 0 Å². The van der Waals surface area contributed by atoms with Gasteiger partial charge in [-0.05, 0) is 20.3 Å². The van der Waals surface area contributed by atoms with Gasteiger partial charge in [-0.25, -0.2) is 0 Å². The summed E-state index contributed by atoms with van der Waals surface area (Å²) in [5.74, 6) is 0. The summed E-state index contributed by atoms with van der Waals surface area (Å²) >= 11 is 0. The Bertz CT molecular complexity index is 172. The molecule has 0 aromatic heterocycles. The van der Waals surface area contributed by atoms with Gasteiger partial charge in [-0.3, -0.25) is 9.80 Å². The van der Waals surface area contributed by atoms with Crippen molar-refractivity contribution in [1.29, 1.82) is 0 Å². The molecule has 0 spiro atoms. The summed E-state index contributed by atoms with van der Waals surface area (Å²) in [6.45, 7) is 10.0. The highest BCUT2D eigenvalue weighted by Gasteiger charge is 2.29. The third-order valence-electron chi connectivity index (χ3n) is 3.22. The van der Waals surface area contributed by atoms with Gasteiger partial charge in [0.1, 0.15) is 0 Å². The van der Waals surface area contributed by atoms with Gasteiger partial charge in [0.05, 0.1) is 6.73 Å². The topological polar surface area (TPSA) is 15.7 Å². The summed E-state index contributed by atoms with van der Waals surface area (Å²) in [6.07, 6.45) is 1.21. The van der Waals surface area contributed by atoms with Gasteiger partial charge in [0.25, 0.3) is 0 Å². The van der Waals surface area contributed by atoms with Crippen LogP contribution in [0, 0.1) is 0 Å². The lowest BCUT2D eigenvalue weighted by Gasteiger charge is -2.45. The number of piperazine rings is 1. The number of hydrogen-bond donors (Lipinski definition) is 0. The maximum atomic E-state index is 5.44. The second-order valence-corrected chi connectivity index (χ2v) is 4.38. The standard InChI is InChI=1S/C10H20N2O/c1-9(2)11-4-5-12-8-13-6-3-10(12)7-11/h9-10H,3-8H2,1-2H3. The Balaban J connectivity index is 1.91.